The monoisotopic (exact) mass is 198 g/mol. The summed E-state index contributed by atoms with van der Waals surface area (Å²) in [6.45, 7) is 1.55. The smallest absolute Gasteiger partial charge is 0.220 e. The van der Waals surface area contributed by atoms with Crippen LogP contribution in [-0.2, 0) is 4.79 Å². The van der Waals surface area contributed by atoms with Crippen LogP contribution in [0, 0.1) is 5.92 Å². The van der Waals surface area contributed by atoms with Crippen molar-refractivity contribution in [1.82, 2.24) is 14.7 Å². The number of nitrogens with zero attached hydrogens (tertiary/aromatic N) is 2. The molecule has 1 aliphatic rings. The summed E-state index contributed by atoms with van der Waals surface area (Å²) in [5, 5.41) is 6.75. The van der Waals surface area contributed by atoms with E-state index in [0.29, 0.717) is 12.3 Å². The number of hydrogen-bond acceptors (Lipinski definition) is 5. The van der Waals surface area contributed by atoms with Crippen LogP contribution >= 0.6 is 11.5 Å². The van der Waals surface area contributed by atoms with Crippen molar-refractivity contribution in [2.45, 2.75) is 6.42 Å². The Kier molecular flexibility index (Phi) is 2.40. The lowest BCUT2D eigenvalue weighted by Crippen LogP contribution is -2.17. The minimum atomic E-state index is 0.143. The lowest BCUT2D eigenvalue weighted by Gasteiger charge is -2.06. The van der Waals surface area contributed by atoms with Crippen molar-refractivity contribution < 1.29 is 4.79 Å². The average Bonchev–Trinajstić information content (AvgIpc) is 2.71. The molecule has 1 unspecified atom stereocenters. The van der Waals surface area contributed by atoms with Crippen molar-refractivity contribution in [3.63, 3.8) is 0 Å². The van der Waals surface area contributed by atoms with Crippen LogP contribution in [0.4, 0.5) is 5.13 Å². The molecule has 0 radical (unpaired) electrons. The number of amides is 1. The topological polar surface area (TPSA) is 66.9 Å². The van der Waals surface area contributed by atoms with Crippen LogP contribution < -0.4 is 10.6 Å². The molecule has 2 heterocycles. The van der Waals surface area contributed by atoms with Gasteiger partial charge in [0.15, 0.2) is 0 Å². The highest BCUT2D eigenvalue weighted by Crippen LogP contribution is 2.12. The standard InChI is InChI=1S/C7H10N4OS/c12-6-1-5(2-8-6)3-9-7-10-4-11-13-7/h4-5H,1-3H2,(H,8,12)(H,9,10,11). The Morgan fingerprint density at radius 1 is 1.77 bits per heavy atom. The zero-order valence-electron chi connectivity index (χ0n) is 6.99. The summed E-state index contributed by atoms with van der Waals surface area (Å²) in [7, 11) is 0. The summed E-state index contributed by atoms with van der Waals surface area (Å²) in [4.78, 5) is 14.8. The number of aromatic nitrogens is 2. The van der Waals surface area contributed by atoms with Crippen LogP contribution in [0.15, 0.2) is 6.33 Å². The predicted molar refractivity (Wildman–Crippen MR) is 49.5 cm³/mol. The van der Waals surface area contributed by atoms with Gasteiger partial charge in [-0.1, -0.05) is 0 Å². The lowest BCUT2D eigenvalue weighted by molar-refractivity contribution is -0.119. The molecule has 1 atom stereocenters. The zero-order chi connectivity index (χ0) is 9.10. The molecule has 6 heteroatoms. The third-order valence-corrected chi connectivity index (χ3v) is 2.59. The Morgan fingerprint density at radius 2 is 2.69 bits per heavy atom. The molecule has 0 aromatic carbocycles. The molecule has 0 saturated carbocycles. The van der Waals surface area contributed by atoms with Gasteiger partial charge >= 0.3 is 0 Å². The predicted octanol–water partition coefficient (Wildman–Crippen LogP) is 0.0861. The van der Waals surface area contributed by atoms with Crippen molar-refractivity contribution >= 4 is 22.6 Å². The highest BCUT2D eigenvalue weighted by Gasteiger charge is 2.20. The maximum Gasteiger partial charge on any atom is 0.220 e. The Labute approximate surface area is 79.7 Å². The molecule has 1 aromatic rings. The van der Waals surface area contributed by atoms with Crippen LogP contribution in [0.5, 0.6) is 0 Å². The molecular formula is C7H10N4OS. The van der Waals surface area contributed by atoms with Gasteiger partial charge in [-0.3, -0.25) is 4.79 Å². The highest BCUT2D eigenvalue weighted by atomic mass is 32.1. The SMILES string of the molecule is O=C1CC(CNc2ncns2)CN1. The van der Waals surface area contributed by atoms with E-state index in [1.54, 1.807) is 0 Å². The van der Waals surface area contributed by atoms with Gasteiger partial charge in [-0.2, -0.15) is 4.37 Å². The summed E-state index contributed by atoms with van der Waals surface area (Å²) in [5.74, 6) is 0.528. The molecule has 2 N–H and O–H groups in total. The Hall–Kier alpha value is -1.17. The van der Waals surface area contributed by atoms with Crippen LogP contribution in [0.25, 0.3) is 0 Å². The molecule has 1 aliphatic heterocycles. The van der Waals surface area contributed by atoms with Gasteiger partial charge in [0.05, 0.1) is 0 Å². The fraction of sp³-hybridized carbons (Fsp3) is 0.571. The number of carbonyl (C=O) groups excluding carboxylic acids is 1. The number of hydrogen-bond donors (Lipinski definition) is 2. The van der Waals surface area contributed by atoms with Crippen molar-refractivity contribution in [2.24, 2.45) is 5.92 Å². The minimum absolute atomic E-state index is 0.143. The molecule has 2 rings (SSSR count). The summed E-state index contributed by atoms with van der Waals surface area (Å²) in [5.41, 5.74) is 0. The normalized spacial score (nSPS) is 21.5. The minimum Gasteiger partial charge on any atom is -0.360 e. The van der Waals surface area contributed by atoms with Crippen molar-refractivity contribution in [2.75, 3.05) is 18.4 Å². The van der Waals surface area contributed by atoms with Gasteiger partial charge in [0.2, 0.25) is 11.0 Å². The molecular weight excluding hydrogens is 188 g/mol. The largest absolute Gasteiger partial charge is 0.360 e. The van der Waals surface area contributed by atoms with Crippen molar-refractivity contribution in [3.8, 4) is 0 Å². The third-order valence-electron chi connectivity index (χ3n) is 1.97. The van der Waals surface area contributed by atoms with Gasteiger partial charge in [0, 0.05) is 37.0 Å². The zero-order valence-corrected chi connectivity index (χ0v) is 7.80. The van der Waals surface area contributed by atoms with Gasteiger partial charge in [0.25, 0.3) is 0 Å². The van der Waals surface area contributed by atoms with E-state index in [1.165, 1.54) is 17.9 Å². The molecule has 1 aromatic heterocycles. The Morgan fingerprint density at radius 3 is 3.31 bits per heavy atom. The molecule has 1 saturated heterocycles. The van der Waals surface area contributed by atoms with E-state index in [4.69, 9.17) is 0 Å². The Bertz CT molecular complexity index is 287. The van der Waals surface area contributed by atoms with Crippen LogP contribution in [0.2, 0.25) is 0 Å². The fourth-order valence-corrected chi connectivity index (χ4v) is 1.73. The van der Waals surface area contributed by atoms with Gasteiger partial charge in [-0.05, 0) is 0 Å². The fourth-order valence-electron chi connectivity index (χ4n) is 1.29. The molecule has 0 spiro atoms. The second-order valence-corrected chi connectivity index (χ2v) is 3.78. The molecule has 13 heavy (non-hydrogen) atoms. The van der Waals surface area contributed by atoms with E-state index in [0.717, 1.165) is 18.2 Å². The second-order valence-electron chi connectivity index (χ2n) is 3.00. The first kappa shape index (κ1) is 8.43. The van der Waals surface area contributed by atoms with E-state index in [9.17, 15) is 4.79 Å². The van der Waals surface area contributed by atoms with Crippen LogP contribution in [0.3, 0.4) is 0 Å². The van der Waals surface area contributed by atoms with Gasteiger partial charge in [-0.25, -0.2) is 4.98 Å². The molecule has 0 aliphatic carbocycles. The molecule has 0 bridgehead atoms. The molecule has 1 fully saturated rings. The van der Waals surface area contributed by atoms with E-state index < -0.39 is 0 Å². The first-order valence-electron chi connectivity index (χ1n) is 4.12. The lowest BCUT2D eigenvalue weighted by atomic mass is 10.1. The highest BCUT2D eigenvalue weighted by molar-refractivity contribution is 7.09. The molecule has 70 valence electrons. The number of anilines is 1. The summed E-state index contributed by atoms with van der Waals surface area (Å²) < 4.78 is 3.87. The van der Waals surface area contributed by atoms with Crippen molar-refractivity contribution in [1.29, 1.82) is 0 Å². The maximum atomic E-state index is 10.9. The van der Waals surface area contributed by atoms with Gasteiger partial charge in [0.1, 0.15) is 6.33 Å². The summed E-state index contributed by atoms with van der Waals surface area (Å²) >= 11 is 1.33. The third kappa shape index (κ3) is 2.15. The molecule has 1 amide bonds. The quantitative estimate of drug-likeness (QED) is 0.722. The van der Waals surface area contributed by atoms with E-state index in [1.807, 2.05) is 0 Å². The van der Waals surface area contributed by atoms with Gasteiger partial charge in [-0.15, -0.1) is 0 Å². The van der Waals surface area contributed by atoms with Crippen LogP contribution in [0.1, 0.15) is 6.42 Å². The van der Waals surface area contributed by atoms with E-state index in [2.05, 4.69) is 20.0 Å². The van der Waals surface area contributed by atoms with E-state index >= 15 is 0 Å². The first-order chi connectivity index (χ1) is 6.34. The Balaban J connectivity index is 1.77. The van der Waals surface area contributed by atoms with Crippen LogP contribution in [-0.4, -0.2) is 28.4 Å². The number of rotatable bonds is 3. The summed E-state index contributed by atoms with van der Waals surface area (Å²) in [6.07, 6.45) is 2.14. The van der Waals surface area contributed by atoms with Crippen molar-refractivity contribution in [3.05, 3.63) is 6.33 Å². The van der Waals surface area contributed by atoms with E-state index in [-0.39, 0.29) is 5.91 Å². The number of carbonyl (C=O) groups is 1. The second kappa shape index (κ2) is 3.69. The average molecular weight is 198 g/mol. The maximum absolute atomic E-state index is 10.9. The number of nitrogens with one attached hydrogen (secondary N) is 2. The molecule has 5 nitrogen and oxygen atoms in total. The summed E-state index contributed by atoms with van der Waals surface area (Å²) in [6, 6.07) is 0. The van der Waals surface area contributed by atoms with Gasteiger partial charge < -0.3 is 10.6 Å². The first-order valence-corrected chi connectivity index (χ1v) is 4.89.